The Balaban J connectivity index is 2.53. The van der Waals surface area contributed by atoms with Crippen LogP contribution in [-0.4, -0.2) is 6.04 Å². The second-order valence-corrected chi connectivity index (χ2v) is 4.64. The number of benzene rings is 1. The quantitative estimate of drug-likeness (QED) is 0.827. The lowest BCUT2D eigenvalue weighted by Crippen LogP contribution is -2.18. The van der Waals surface area contributed by atoms with Gasteiger partial charge in [-0.25, -0.2) is 0 Å². The van der Waals surface area contributed by atoms with Crippen molar-refractivity contribution in [3.05, 3.63) is 40.9 Å². The first-order valence-electron chi connectivity index (χ1n) is 5.27. The summed E-state index contributed by atoms with van der Waals surface area (Å²) in [6.45, 7) is 4.35. The number of halogens is 1. The Morgan fingerprint density at radius 2 is 1.87 bits per heavy atom. The van der Waals surface area contributed by atoms with Crippen LogP contribution in [0.1, 0.15) is 25.8 Å². The van der Waals surface area contributed by atoms with Gasteiger partial charge >= 0.3 is 0 Å². The van der Waals surface area contributed by atoms with E-state index in [1.165, 1.54) is 0 Å². The molecular formula is C13H18ClN. The van der Waals surface area contributed by atoms with Crippen LogP contribution >= 0.6 is 11.6 Å². The Hall–Kier alpha value is -0.790. The smallest absolute Gasteiger partial charge is 0.0406 e. The van der Waals surface area contributed by atoms with E-state index in [-0.39, 0.29) is 6.04 Å². The van der Waals surface area contributed by atoms with Gasteiger partial charge in [-0.3, -0.25) is 0 Å². The predicted molar refractivity (Wildman–Crippen MR) is 67.9 cm³/mol. The van der Waals surface area contributed by atoms with E-state index in [4.69, 9.17) is 17.3 Å². The fourth-order valence-corrected chi connectivity index (χ4v) is 1.56. The van der Waals surface area contributed by atoms with Gasteiger partial charge in [0.05, 0.1) is 0 Å². The summed E-state index contributed by atoms with van der Waals surface area (Å²) in [5.41, 5.74) is 7.08. The standard InChI is InChI=1S/C13H18ClN/c1-10(2)9-13(15)8-5-11-3-6-12(14)7-4-11/h3-8,10,13H,9,15H2,1-2H3. The van der Waals surface area contributed by atoms with E-state index in [2.05, 4.69) is 13.8 Å². The third-order valence-corrected chi connectivity index (χ3v) is 2.40. The van der Waals surface area contributed by atoms with E-state index in [1.54, 1.807) is 0 Å². The molecular weight excluding hydrogens is 206 g/mol. The van der Waals surface area contributed by atoms with Crippen LogP contribution in [0.3, 0.4) is 0 Å². The second kappa shape index (κ2) is 5.94. The molecule has 0 saturated heterocycles. The van der Waals surface area contributed by atoms with Gasteiger partial charge in [-0.2, -0.15) is 0 Å². The summed E-state index contributed by atoms with van der Waals surface area (Å²) in [5, 5.41) is 0.763. The van der Waals surface area contributed by atoms with Gasteiger partial charge in [-0.1, -0.05) is 49.7 Å². The topological polar surface area (TPSA) is 26.0 Å². The SMILES string of the molecule is CC(C)CC(N)C=Cc1ccc(Cl)cc1. The maximum atomic E-state index is 5.94. The lowest BCUT2D eigenvalue weighted by molar-refractivity contribution is 0.547. The van der Waals surface area contributed by atoms with Gasteiger partial charge in [0.25, 0.3) is 0 Å². The van der Waals surface area contributed by atoms with Crippen molar-refractivity contribution >= 4 is 17.7 Å². The Morgan fingerprint density at radius 3 is 2.40 bits per heavy atom. The maximum absolute atomic E-state index is 5.94. The van der Waals surface area contributed by atoms with E-state index in [0.717, 1.165) is 17.0 Å². The van der Waals surface area contributed by atoms with Gasteiger partial charge in [0.15, 0.2) is 0 Å². The molecule has 0 aliphatic carbocycles. The van der Waals surface area contributed by atoms with Gasteiger partial charge in [-0.15, -0.1) is 0 Å². The van der Waals surface area contributed by atoms with Crippen molar-refractivity contribution in [2.24, 2.45) is 11.7 Å². The molecule has 0 aromatic heterocycles. The summed E-state index contributed by atoms with van der Waals surface area (Å²) in [7, 11) is 0. The fourth-order valence-electron chi connectivity index (χ4n) is 1.43. The Morgan fingerprint density at radius 1 is 1.27 bits per heavy atom. The van der Waals surface area contributed by atoms with Crippen molar-refractivity contribution < 1.29 is 0 Å². The molecule has 2 N–H and O–H groups in total. The highest BCUT2D eigenvalue weighted by Crippen LogP contribution is 2.11. The summed E-state index contributed by atoms with van der Waals surface area (Å²) < 4.78 is 0. The average molecular weight is 224 g/mol. The third kappa shape index (κ3) is 5.01. The Bertz CT molecular complexity index is 314. The van der Waals surface area contributed by atoms with Crippen molar-refractivity contribution in [1.29, 1.82) is 0 Å². The van der Waals surface area contributed by atoms with E-state index in [9.17, 15) is 0 Å². The summed E-state index contributed by atoms with van der Waals surface area (Å²) in [4.78, 5) is 0. The van der Waals surface area contributed by atoms with Crippen LogP contribution in [0.5, 0.6) is 0 Å². The average Bonchev–Trinajstić information content (AvgIpc) is 2.16. The van der Waals surface area contributed by atoms with Gasteiger partial charge in [-0.05, 0) is 30.0 Å². The predicted octanol–water partition coefficient (Wildman–Crippen LogP) is 3.73. The Kier molecular flexibility index (Phi) is 4.86. The van der Waals surface area contributed by atoms with E-state index >= 15 is 0 Å². The number of hydrogen-bond acceptors (Lipinski definition) is 1. The molecule has 0 saturated carbocycles. The molecule has 0 aliphatic rings. The van der Waals surface area contributed by atoms with Crippen LogP contribution in [0.15, 0.2) is 30.3 Å². The summed E-state index contributed by atoms with van der Waals surface area (Å²) in [5.74, 6) is 0.634. The zero-order valence-electron chi connectivity index (χ0n) is 9.28. The van der Waals surface area contributed by atoms with Gasteiger partial charge in [0.1, 0.15) is 0 Å². The number of nitrogens with two attached hydrogens (primary N) is 1. The fraction of sp³-hybridized carbons (Fsp3) is 0.385. The highest BCUT2D eigenvalue weighted by molar-refractivity contribution is 6.30. The summed E-state index contributed by atoms with van der Waals surface area (Å²) >= 11 is 5.79. The molecule has 1 aromatic rings. The van der Waals surface area contributed by atoms with Crippen molar-refractivity contribution in [3.63, 3.8) is 0 Å². The molecule has 0 radical (unpaired) electrons. The second-order valence-electron chi connectivity index (χ2n) is 4.20. The van der Waals surface area contributed by atoms with Crippen LogP contribution in [0.25, 0.3) is 6.08 Å². The first kappa shape index (κ1) is 12.3. The van der Waals surface area contributed by atoms with Crippen LogP contribution < -0.4 is 5.73 Å². The largest absolute Gasteiger partial charge is 0.324 e. The normalized spacial score (nSPS) is 13.7. The molecule has 15 heavy (non-hydrogen) atoms. The first-order valence-corrected chi connectivity index (χ1v) is 5.65. The van der Waals surface area contributed by atoms with Crippen molar-refractivity contribution in [2.75, 3.05) is 0 Å². The van der Waals surface area contributed by atoms with Gasteiger partial charge in [0, 0.05) is 11.1 Å². The molecule has 1 unspecified atom stereocenters. The Labute approximate surface area is 96.9 Å². The summed E-state index contributed by atoms with van der Waals surface area (Å²) in [6.07, 6.45) is 5.11. The van der Waals surface area contributed by atoms with Crippen LogP contribution in [0.2, 0.25) is 5.02 Å². The maximum Gasteiger partial charge on any atom is 0.0406 e. The minimum absolute atomic E-state index is 0.140. The number of rotatable bonds is 4. The number of hydrogen-bond donors (Lipinski definition) is 1. The molecule has 0 amide bonds. The van der Waals surface area contributed by atoms with Gasteiger partial charge < -0.3 is 5.73 Å². The van der Waals surface area contributed by atoms with E-state index in [1.807, 2.05) is 36.4 Å². The molecule has 1 atom stereocenters. The minimum Gasteiger partial charge on any atom is -0.324 e. The zero-order chi connectivity index (χ0) is 11.3. The summed E-state index contributed by atoms with van der Waals surface area (Å²) in [6, 6.07) is 7.88. The first-order chi connectivity index (χ1) is 7.08. The lowest BCUT2D eigenvalue weighted by Gasteiger charge is -2.08. The minimum atomic E-state index is 0.140. The van der Waals surface area contributed by atoms with Gasteiger partial charge in [0.2, 0.25) is 0 Å². The molecule has 0 heterocycles. The van der Waals surface area contributed by atoms with Crippen molar-refractivity contribution in [3.8, 4) is 0 Å². The third-order valence-electron chi connectivity index (χ3n) is 2.15. The lowest BCUT2D eigenvalue weighted by atomic mass is 10.0. The van der Waals surface area contributed by atoms with Crippen molar-refractivity contribution in [1.82, 2.24) is 0 Å². The highest BCUT2D eigenvalue weighted by Gasteiger charge is 2.00. The van der Waals surface area contributed by atoms with E-state index < -0.39 is 0 Å². The molecule has 1 aromatic carbocycles. The molecule has 0 fully saturated rings. The molecule has 1 nitrogen and oxygen atoms in total. The van der Waals surface area contributed by atoms with Crippen LogP contribution in [0.4, 0.5) is 0 Å². The molecule has 0 aliphatic heterocycles. The zero-order valence-corrected chi connectivity index (χ0v) is 10.0. The van der Waals surface area contributed by atoms with Crippen LogP contribution in [-0.2, 0) is 0 Å². The molecule has 82 valence electrons. The van der Waals surface area contributed by atoms with Crippen molar-refractivity contribution in [2.45, 2.75) is 26.3 Å². The highest BCUT2D eigenvalue weighted by atomic mass is 35.5. The molecule has 2 heteroatoms. The van der Waals surface area contributed by atoms with Crippen LogP contribution in [0, 0.1) is 5.92 Å². The molecule has 0 bridgehead atoms. The molecule has 1 rings (SSSR count). The monoisotopic (exact) mass is 223 g/mol. The van der Waals surface area contributed by atoms with E-state index in [0.29, 0.717) is 5.92 Å². The molecule has 0 spiro atoms.